The molecule has 0 bridgehead atoms. The third-order valence-electron chi connectivity index (χ3n) is 4.29. The molecule has 3 N–H and O–H groups in total. The molecule has 0 aromatic heterocycles. The normalized spacial score (nSPS) is 15.1. The molecule has 0 radical (unpaired) electrons. The predicted molar refractivity (Wildman–Crippen MR) is 111 cm³/mol. The molecule has 154 valence electrons. The summed E-state index contributed by atoms with van der Waals surface area (Å²) >= 11 is 0. The molecule has 0 spiro atoms. The van der Waals surface area contributed by atoms with E-state index in [9.17, 15) is 9.59 Å². The van der Waals surface area contributed by atoms with Crippen LogP contribution < -0.4 is 15.8 Å². The Hall–Kier alpha value is -1.54. The maximum absolute atomic E-state index is 12.1. The third kappa shape index (κ3) is 8.34. The van der Waals surface area contributed by atoms with Gasteiger partial charge >= 0.3 is 0 Å². The van der Waals surface area contributed by atoms with Gasteiger partial charge in [0.2, 0.25) is 5.91 Å². The zero-order chi connectivity index (χ0) is 18.2. The molecule has 1 aliphatic rings. The van der Waals surface area contributed by atoms with E-state index in [2.05, 4.69) is 10.2 Å². The molecule has 2 rings (SSSR count). The lowest BCUT2D eigenvalue weighted by atomic mass is 10.2. The first kappa shape index (κ1) is 25.5. The molecule has 27 heavy (non-hydrogen) atoms. The summed E-state index contributed by atoms with van der Waals surface area (Å²) in [4.78, 5) is 28.2. The van der Waals surface area contributed by atoms with E-state index < -0.39 is 0 Å². The lowest BCUT2D eigenvalue weighted by Gasteiger charge is -2.35. The number of nitrogens with zero attached hydrogens (tertiary/aromatic N) is 2. The number of carbonyl (C=O) groups is 2. The van der Waals surface area contributed by atoms with Gasteiger partial charge < -0.3 is 20.7 Å². The molecule has 2 amide bonds. The smallest absolute Gasteiger partial charge is 0.251 e. The van der Waals surface area contributed by atoms with Crippen LogP contribution in [-0.2, 0) is 4.79 Å². The van der Waals surface area contributed by atoms with E-state index in [1.807, 2.05) is 11.8 Å². The van der Waals surface area contributed by atoms with E-state index in [4.69, 9.17) is 10.5 Å². The molecule has 1 heterocycles. The topological polar surface area (TPSA) is 87.9 Å². The zero-order valence-corrected chi connectivity index (χ0v) is 17.5. The van der Waals surface area contributed by atoms with Crippen molar-refractivity contribution in [2.24, 2.45) is 5.73 Å². The highest BCUT2D eigenvalue weighted by Gasteiger charge is 2.21. The number of carbonyl (C=O) groups excluding carboxylic acids is 2. The second-order valence-electron chi connectivity index (χ2n) is 6.39. The number of hydrogen-bond acceptors (Lipinski definition) is 5. The second-order valence-corrected chi connectivity index (χ2v) is 6.39. The first-order valence-electron chi connectivity index (χ1n) is 8.67. The number of rotatable bonds is 7. The van der Waals surface area contributed by atoms with Crippen molar-refractivity contribution < 1.29 is 14.3 Å². The first-order chi connectivity index (χ1) is 12.0. The minimum Gasteiger partial charge on any atom is -0.497 e. The van der Waals surface area contributed by atoms with Crippen LogP contribution in [0.1, 0.15) is 23.7 Å². The van der Waals surface area contributed by atoms with Crippen molar-refractivity contribution in [3.63, 3.8) is 0 Å². The van der Waals surface area contributed by atoms with E-state index in [1.165, 1.54) is 0 Å². The van der Waals surface area contributed by atoms with Crippen LogP contribution in [0.15, 0.2) is 24.3 Å². The number of amides is 2. The van der Waals surface area contributed by atoms with Gasteiger partial charge in [0.15, 0.2) is 0 Å². The predicted octanol–water partition coefficient (Wildman–Crippen LogP) is 1.15. The number of benzene rings is 1. The summed E-state index contributed by atoms with van der Waals surface area (Å²) in [6.45, 7) is 6.29. The van der Waals surface area contributed by atoms with E-state index in [0.717, 1.165) is 38.5 Å². The van der Waals surface area contributed by atoms with E-state index in [1.54, 1.807) is 31.4 Å². The van der Waals surface area contributed by atoms with E-state index >= 15 is 0 Å². The molecule has 1 saturated heterocycles. The molecule has 1 fully saturated rings. The Labute approximate surface area is 173 Å². The SMILES string of the molecule is COc1ccc(C(=O)NCCN2CCN(C(=O)CC(C)N)CC2)cc1.Cl.Cl. The Balaban J connectivity index is 0.00000338. The number of methoxy groups -OCH3 is 1. The Morgan fingerprint density at radius 3 is 2.26 bits per heavy atom. The number of hydrogen-bond donors (Lipinski definition) is 2. The van der Waals surface area contributed by atoms with Crippen molar-refractivity contribution in [2.75, 3.05) is 46.4 Å². The van der Waals surface area contributed by atoms with Crippen molar-refractivity contribution in [3.8, 4) is 5.75 Å². The van der Waals surface area contributed by atoms with E-state index in [-0.39, 0.29) is 42.7 Å². The fourth-order valence-electron chi connectivity index (χ4n) is 2.80. The van der Waals surface area contributed by atoms with E-state index in [0.29, 0.717) is 18.5 Å². The Morgan fingerprint density at radius 1 is 1.15 bits per heavy atom. The maximum atomic E-state index is 12.1. The summed E-state index contributed by atoms with van der Waals surface area (Å²) in [6, 6.07) is 6.94. The summed E-state index contributed by atoms with van der Waals surface area (Å²) in [5.74, 6) is 0.767. The van der Waals surface area contributed by atoms with Gasteiger partial charge in [-0.2, -0.15) is 0 Å². The average molecular weight is 421 g/mol. The highest BCUT2D eigenvalue weighted by Crippen LogP contribution is 2.11. The molecule has 1 aromatic carbocycles. The minimum absolute atomic E-state index is 0. The van der Waals surface area contributed by atoms with Gasteiger partial charge in [0, 0.05) is 57.3 Å². The molecule has 7 nitrogen and oxygen atoms in total. The van der Waals surface area contributed by atoms with Gasteiger partial charge in [-0.3, -0.25) is 14.5 Å². The quantitative estimate of drug-likeness (QED) is 0.690. The van der Waals surface area contributed by atoms with Gasteiger partial charge in [-0.15, -0.1) is 24.8 Å². The fourth-order valence-corrected chi connectivity index (χ4v) is 2.80. The van der Waals surface area contributed by atoms with Crippen LogP contribution in [0.3, 0.4) is 0 Å². The molecular formula is C18H30Cl2N4O3. The molecule has 1 unspecified atom stereocenters. The van der Waals surface area contributed by atoms with Crippen LogP contribution in [0.25, 0.3) is 0 Å². The van der Waals surface area contributed by atoms with Crippen LogP contribution in [0.4, 0.5) is 0 Å². The molecular weight excluding hydrogens is 391 g/mol. The first-order valence-corrected chi connectivity index (χ1v) is 8.67. The van der Waals surface area contributed by atoms with Crippen molar-refractivity contribution in [3.05, 3.63) is 29.8 Å². The summed E-state index contributed by atoms with van der Waals surface area (Å²) in [5, 5.41) is 2.93. The standard InChI is InChI=1S/C18H28N4O3.2ClH/c1-14(19)13-17(23)22-11-9-21(10-12-22)8-7-20-18(24)15-3-5-16(25-2)6-4-15;;/h3-6,14H,7-13,19H2,1-2H3,(H,20,24);2*1H. The number of ether oxygens (including phenoxy) is 1. The second kappa shape index (κ2) is 12.8. The Kier molecular flexibility index (Phi) is 12.0. The minimum atomic E-state index is -0.0984. The monoisotopic (exact) mass is 420 g/mol. The lowest BCUT2D eigenvalue weighted by molar-refractivity contribution is -0.133. The lowest BCUT2D eigenvalue weighted by Crippen LogP contribution is -2.50. The fraction of sp³-hybridized carbons (Fsp3) is 0.556. The molecule has 9 heteroatoms. The Morgan fingerprint density at radius 2 is 1.74 bits per heavy atom. The molecule has 1 aliphatic heterocycles. The van der Waals surface area contributed by atoms with Crippen LogP contribution in [0.5, 0.6) is 5.75 Å². The van der Waals surface area contributed by atoms with Crippen LogP contribution >= 0.6 is 24.8 Å². The van der Waals surface area contributed by atoms with Gasteiger partial charge in [-0.05, 0) is 31.2 Å². The van der Waals surface area contributed by atoms with Gasteiger partial charge in [-0.25, -0.2) is 0 Å². The summed E-state index contributed by atoms with van der Waals surface area (Å²) in [7, 11) is 1.60. The number of halogens is 2. The molecule has 1 atom stereocenters. The van der Waals surface area contributed by atoms with Crippen molar-refractivity contribution in [1.29, 1.82) is 0 Å². The van der Waals surface area contributed by atoms with Gasteiger partial charge in [-0.1, -0.05) is 0 Å². The van der Waals surface area contributed by atoms with Gasteiger partial charge in [0.05, 0.1) is 7.11 Å². The summed E-state index contributed by atoms with van der Waals surface area (Å²) in [5.41, 5.74) is 6.30. The molecule has 1 aromatic rings. The van der Waals surface area contributed by atoms with Crippen LogP contribution in [-0.4, -0.2) is 74.0 Å². The van der Waals surface area contributed by atoms with Gasteiger partial charge in [0.1, 0.15) is 5.75 Å². The highest BCUT2D eigenvalue weighted by atomic mass is 35.5. The average Bonchev–Trinajstić information content (AvgIpc) is 2.61. The molecule has 0 saturated carbocycles. The third-order valence-corrected chi connectivity index (χ3v) is 4.29. The van der Waals surface area contributed by atoms with Crippen molar-refractivity contribution in [2.45, 2.75) is 19.4 Å². The Bertz CT molecular complexity index is 576. The van der Waals surface area contributed by atoms with Crippen molar-refractivity contribution in [1.82, 2.24) is 15.1 Å². The van der Waals surface area contributed by atoms with Crippen LogP contribution in [0, 0.1) is 0 Å². The number of nitrogens with one attached hydrogen (secondary N) is 1. The highest BCUT2D eigenvalue weighted by molar-refractivity contribution is 5.94. The van der Waals surface area contributed by atoms with Gasteiger partial charge in [0.25, 0.3) is 5.91 Å². The van der Waals surface area contributed by atoms with Crippen LogP contribution in [0.2, 0.25) is 0 Å². The molecule has 0 aliphatic carbocycles. The summed E-state index contributed by atoms with van der Waals surface area (Å²) < 4.78 is 5.08. The maximum Gasteiger partial charge on any atom is 0.251 e. The number of nitrogens with two attached hydrogens (primary N) is 1. The number of piperazine rings is 1. The largest absolute Gasteiger partial charge is 0.497 e. The summed E-state index contributed by atoms with van der Waals surface area (Å²) in [6.07, 6.45) is 0.401. The zero-order valence-electron chi connectivity index (χ0n) is 15.8. The van der Waals surface area contributed by atoms with Crippen molar-refractivity contribution >= 4 is 36.6 Å².